The number of hydrogen-bond acceptors (Lipinski definition) is 52. The largest absolute Gasteiger partial charge is 0.477 e. The summed E-state index contributed by atoms with van der Waals surface area (Å²) in [5, 5.41) is 333. The van der Waals surface area contributed by atoms with Gasteiger partial charge >= 0.3 is 5.97 Å². The molecule has 57 heteroatoms. The number of aliphatic hydroxyl groups is 28. The number of nitrogens with one attached hydrogen (secondary N) is 4. The lowest BCUT2D eigenvalue weighted by Gasteiger charge is -2.51. The van der Waals surface area contributed by atoms with Crippen LogP contribution >= 0.6 is 0 Å². The molecule has 0 saturated carbocycles. The Balaban J connectivity index is 0.956. The first-order chi connectivity index (χ1) is 60.3. The van der Waals surface area contributed by atoms with Crippen molar-refractivity contribution < 1.29 is 262 Å². The van der Waals surface area contributed by atoms with Crippen molar-refractivity contribution in [2.24, 2.45) is 0 Å². The number of aliphatic carboxylic acids is 1. The molecule has 10 fully saturated rings. The zero-order valence-electron chi connectivity index (χ0n) is 68.7. The van der Waals surface area contributed by atoms with Crippen molar-refractivity contribution in [3.63, 3.8) is 0 Å². The van der Waals surface area contributed by atoms with Crippen molar-refractivity contribution in [3.05, 3.63) is 0 Å². The lowest BCUT2D eigenvalue weighted by atomic mass is 9.88. The molecule has 0 aliphatic carbocycles. The van der Waals surface area contributed by atoms with E-state index in [1.807, 2.05) is 0 Å². The Bertz CT molecular complexity index is 3530. The van der Waals surface area contributed by atoms with E-state index in [0.29, 0.717) is 0 Å². The molecule has 10 saturated heterocycles. The number of carboxylic acids is 1. The standard InChI is InChI=1S/C71H118N4O53/c1-16-35(89)45(99)48(102)64(112-16)111-15-30-55(42(96)32(61(107)113-30)73-18(3)84)121-62-33(74-19(4)85)43(97)53(27(12-81)118-62)122-67-51(105)58(41(95)29(120-67)14-110-65-50(104)57(39(93)25(10-79)114-65)124-66-49(103)46(100)37(91)23(8-77)115-66)125-69-60(47(101)38(92)24(9-78)117-69)126-63-34(75-20(5)86)44(98)54(28(13-82)119-63)123-68-52(106)59(40(94)26(11-80)116-68)128-71(70(108)109)6-21(87)31(72-17(2)83)56(127-71)36(90)22(88)7-76/h16,21-69,76-82,87-107H,6-15H2,1-5H3,(H,72,83)(H,73,84)(H,74,85)(H,75,86)(H,108,109)/t16-,21+,22-,23-,24-,25-,26-,27-,28-,29-,30-,31-,32-,33-,34-,35+,36-,37-,38-,39-,40+,41-,42-,43-,44-,45+,46+,47+,48-,49+,50+,51+,52-,53-,54-,55-,56-,57+,58+,59+,60+,61-,62+,63+,64-,65+,66-,67-,68+,69+,71+/m1/s1. The number of amides is 4. The van der Waals surface area contributed by atoms with E-state index in [9.17, 15) is 172 Å². The lowest BCUT2D eigenvalue weighted by molar-refractivity contribution is -0.400. The molecular weight excluding hydrogens is 1760 g/mol. The van der Waals surface area contributed by atoms with Crippen LogP contribution in [-0.2, 0) is 114 Å². The summed E-state index contributed by atoms with van der Waals surface area (Å²) >= 11 is 0. The fourth-order valence-electron chi connectivity index (χ4n) is 16.5. The molecule has 0 aromatic carbocycles. The Kier molecular flexibility index (Phi) is 37.4. The van der Waals surface area contributed by atoms with E-state index < -0.39 is 408 Å². The highest BCUT2D eigenvalue weighted by Crippen LogP contribution is 2.43. The van der Waals surface area contributed by atoms with Gasteiger partial charge in [-0.3, -0.25) is 19.2 Å². The van der Waals surface area contributed by atoms with Crippen LogP contribution in [0.25, 0.3) is 0 Å². The SMILES string of the molecule is CC(=O)N[C@@H]1[C@@H](O)[C@H](O[C@@H]2O[C@H](CO)[C@@H](O[C@H]3O[C@H](CO[C@H]4O[C@H](CO)[C@@H](O)[C@H](O[C@H]5O[C@H](CO)[C@@H](O)[C@H](O)[C@@H]5O)[C@@H]4O)[C@@H](O)[C@H](O[C@@H]4O[C@H](CO)[C@@H](O)[C@H](O)[C@@H]4O[C@@H]4O[C@H](CO)[C@@H](O[C@@H]5O[C@H](CO)[C@H](O)[C@H](O[C@]6(C(=O)O)C[C@H](O)[C@@H](NC(C)=O)[C@H]([C@H](O)[C@H](O)CO)O6)[C@H]5O)[C@H](O)[C@H]4NC(C)=O)[C@@H]3O)[C@H](O)[C@H]2NC(C)=O)[C@@H](CO[C@@H]2O[C@H](C)[C@H](O)[C@H](O)[C@H]2O)O[C@H]1O. The molecule has 10 rings (SSSR count). The number of carbonyl (C=O) groups excluding carboxylic acids is 4. The smallest absolute Gasteiger partial charge is 0.364 e. The third-order valence-electron chi connectivity index (χ3n) is 23.4. The number of aliphatic hydroxyl groups excluding tert-OH is 28. The Hall–Kier alpha value is -4.53. The van der Waals surface area contributed by atoms with Gasteiger partial charge in [-0.1, -0.05) is 0 Å². The van der Waals surface area contributed by atoms with Crippen molar-refractivity contribution in [2.75, 3.05) is 59.5 Å². The van der Waals surface area contributed by atoms with E-state index in [2.05, 4.69) is 21.3 Å². The highest BCUT2D eigenvalue weighted by atomic mass is 16.8. The van der Waals surface area contributed by atoms with Crippen LogP contribution in [0.2, 0.25) is 0 Å². The topological polar surface area (TPSA) is 896 Å². The van der Waals surface area contributed by atoms with E-state index in [4.69, 9.17) is 90.0 Å². The van der Waals surface area contributed by atoms with Gasteiger partial charge in [-0.05, 0) is 6.92 Å². The van der Waals surface area contributed by atoms with Gasteiger partial charge < -0.3 is 259 Å². The van der Waals surface area contributed by atoms with Crippen molar-refractivity contribution in [1.82, 2.24) is 21.3 Å². The lowest BCUT2D eigenvalue weighted by Crippen LogP contribution is -2.71. The summed E-state index contributed by atoms with van der Waals surface area (Å²) in [6.07, 6.45) is -100. The van der Waals surface area contributed by atoms with Gasteiger partial charge in [0.2, 0.25) is 23.6 Å². The number of hydrogen-bond donors (Lipinski definition) is 33. The first-order valence-corrected chi connectivity index (χ1v) is 40.6. The second-order valence-corrected chi connectivity index (χ2v) is 32.4. The van der Waals surface area contributed by atoms with Crippen LogP contribution in [-0.4, -0.2) is 550 Å². The molecule has 10 aliphatic rings. The van der Waals surface area contributed by atoms with E-state index in [-0.39, 0.29) is 0 Å². The highest BCUT2D eigenvalue weighted by molar-refractivity contribution is 5.77. The summed E-state index contributed by atoms with van der Waals surface area (Å²) < 4.78 is 112. The maximum Gasteiger partial charge on any atom is 0.364 e. The molecule has 128 heavy (non-hydrogen) atoms. The molecule has 0 bridgehead atoms. The van der Waals surface area contributed by atoms with E-state index in [1.54, 1.807) is 0 Å². The predicted octanol–water partition coefficient (Wildman–Crippen LogP) is -22.0. The first-order valence-electron chi connectivity index (χ1n) is 40.6. The van der Waals surface area contributed by atoms with Crippen molar-refractivity contribution in [1.29, 1.82) is 0 Å². The molecular formula is C71H118N4O53. The Morgan fingerprint density at radius 2 is 0.680 bits per heavy atom. The van der Waals surface area contributed by atoms with E-state index in [1.165, 1.54) is 6.92 Å². The molecule has 10 heterocycles. The van der Waals surface area contributed by atoms with Gasteiger partial charge in [0.15, 0.2) is 56.6 Å². The zero-order chi connectivity index (χ0) is 94.6. The van der Waals surface area contributed by atoms with Gasteiger partial charge in [-0.25, -0.2) is 4.79 Å². The van der Waals surface area contributed by atoms with Crippen molar-refractivity contribution in [2.45, 2.75) is 353 Å². The third kappa shape index (κ3) is 23.1. The Morgan fingerprint density at radius 3 is 1.17 bits per heavy atom. The molecule has 51 atom stereocenters. The summed E-state index contributed by atoms with van der Waals surface area (Å²) in [5.74, 6) is -9.30. The molecule has 0 radical (unpaired) electrons. The molecule has 0 spiro atoms. The molecule has 10 aliphatic heterocycles. The average molecular weight is 1880 g/mol. The van der Waals surface area contributed by atoms with Crippen LogP contribution in [0.1, 0.15) is 41.0 Å². The van der Waals surface area contributed by atoms with Crippen LogP contribution in [0.4, 0.5) is 0 Å². The number of carbonyl (C=O) groups is 5. The minimum Gasteiger partial charge on any atom is -0.477 e. The summed E-state index contributed by atoms with van der Waals surface area (Å²) in [4.78, 5) is 64.5. The van der Waals surface area contributed by atoms with Crippen LogP contribution in [0, 0.1) is 0 Å². The molecule has 0 aromatic heterocycles. The third-order valence-corrected chi connectivity index (χ3v) is 23.4. The van der Waals surface area contributed by atoms with Crippen LogP contribution < -0.4 is 21.3 Å². The quantitative estimate of drug-likeness (QED) is 0.0284. The maximum absolute atomic E-state index is 13.3. The molecule has 0 unspecified atom stereocenters. The Labute approximate surface area is 723 Å². The predicted molar refractivity (Wildman–Crippen MR) is 392 cm³/mol. The van der Waals surface area contributed by atoms with Crippen molar-refractivity contribution in [3.8, 4) is 0 Å². The van der Waals surface area contributed by atoms with Crippen LogP contribution in [0.15, 0.2) is 0 Å². The fourth-order valence-corrected chi connectivity index (χ4v) is 16.5. The minimum absolute atomic E-state index is 0.853. The molecule has 4 amide bonds. The van der Waals surface area contributed by atoms with E-state index >= 15 is 0 Å². The Morgan fingerprint density at radius 1 is 0.336 bits per heavy atom. The normalized spacial score (nSPS) is 48.4. The van der Waals surface area contributed by atoms with Crippen molar-refractivity contribution >= 4 is 29.6 Å². The first kappa shape index (κ1) is 106. The van der Waals surface area contributed by atoms with Gasteiger partial charge in [0.25, 0.3) is 5.79 Å². The second-order valence-electron chi connectivity index (χ2n) is 32.4. The van der Waals surface area contributed by atoms with Gasteiger partial charge in [0.1, 0.15) is 232 Å². The van der Waals surface area contributed by atoms with Crippen LogP contribution in [0.5, 0.6) is 0 Å². The molecule has 57 nitrogen and oxygen atoms in total. The summed E-state index contributed by atoms with van der Waals surface area (Å²) in [5.41, 5.74) is 0. The monoisotopic (exact) mass is 1870 g/mol. The number of rotatable bonds is 34. The summed E-state index contributed by atoms with van der Waals surface area (Å²) in [6.45, 7) is -5.48. The number of ether oxygens (including phenoxy) is 19. The molecule has 33 N–H and O–H groups in total. The van der Waals surface area contributed by atoms with Gasteiger partial charge in [0, 0.05) is 34.1 Å². The zero-order valence-corrected chi connectivity index (χ0v) is 68.7. The van der Waals surface area contributed by atoms with Crippen LogP contribution in [0.3, 0.4) is 0 Å². The molecule has 0 aromatic rings. The number of carboxylic acid groups (broad SMARTS) is 1. The van der Waals surface area contributed by atoms with Gasteiger partial charge in [0.05, 0.1) is 77.7 Å². The molecule has 740 valence electrons. The highest BCUT2D eigenvalue weighted by Gasteiger charge is 2.64. The second kappa shape index (κ2) is 45.4. The average Bonchev–Trinajstić information content (AvgIpc) is 0.752. The maximum atomic E-state index is 13.3. The minimum atomic E-state index is -3.32. The van der Waals surface area contributed by atoms with E-state index in [0.717, 1.165) is 27.7 Å². The fraction of sp³-hybridized carbons (Fsp3) is 0.930. The summed E-state index contributed by atoms with van der Waals surface area (Å²) in [7, 11) is 0. The van der Waals surface area contributed by atoms with Gasteiger partial charge in [-0.15, -0.1) is 0 Å². The van der Waals surface area contributed by atoms with Gasteiger partial charge in [-0.2, -0.15) is 0 Å². The summed E-state index contributed by atoms with van der Waals surface area (Å²) in [6, 6.07) is -7.70.